The van der Waals surface area contributed by atoms with Crippen molar-refractivity contribution >= 4 is 5.71 Å². The molecule has 0 fully saturated rings. The smallest absolute Gasteiger partial charge is 0.267 e. The van der Waals surface area contributed by atoms with Crippen molar-refractivity contribution in [1.82, 2.24) is 4.68 Å². The molecule has 0 aliphatic carbocycles. The minimum absolute atomic E-state index is 0.157. The average Bonchev–Trinajstić information content (AvgIpc) is 2.76. The lowest BCUT2D eigenvalue weighted by Crippen LogP contribution is -2.19. The maximum atomic E-state index is 13.0. The van der Waals surface area contributed by atoms with Gasteiger partial charge in [0.05, 0.1) is 11.4 Å². The zero-order valence-electron chi connectivity index (χ0n) is 15.6. The van der Waals surface area contributed by atoms with E-state index in [2.05, 4.69) is 5.10 Å². The molecule has 0 N–H and O–H groups in total. The Bertz CT molecular complexity index is 1160. The summed E-state index contributed by atoms with van der Waals surface area (Å²) in [6.07, 6.45) is 0. The van der Waals surface area contributed by atoms with Gasteiger partial charge in [-0.05, 0) is 29.7 Å². The number of pyridine rings is 1. The van der Waals surface area contributed by atoms with Crippen molar-refractivity contribution < 1.29 is 0 Å². The molecule has 3 aromatic carbocycles. The summed E-state index contributed by atoms with van der Waals surface area (Å²) in [6.45, 7) is 1.92. The lowest BCUT2D eigenvalue weighted by molar-refractivity contribution is 0.837. The molecule has 0 aliphatic rings. The fourth-order valence-corrected chi connectivity index (χ4v) is 3.17. The maximum Gasteiger partial charge on any atom is 0.272 e. The van der Waals surface area contributed by atoms with E-state index < -0.39 is 0 Å². The van der Waals surface area contributed by atoms with Gasteiger partial charge in [-0.1, -0.05) is 91.0 Å². The number of hydrogen-bond acceptors (Lipinski definition) is 2. The Kier molecular flexibility index (Phi) is 4.98. The molecule has 0 saturated heterocycles. The summed E-state index contributed by atoms with van der Waals surface area (Å²) in [6, 6.07) is 33.4. The SMILES string of the molecule is CC(=Nn1c(-c2ccccc2)cc(-c2ccccc2)cc1=O)c1ccccc1. The highest BCUT2D eigenvalue weighted by Gasteiger charge is 2.11. The second-order valence-corrected chi connectivity index (χ2v) is 6.56. The molecule has 0 bridgehead atoms. The van der Waals surface area contributed by atoms with E-state index in [4.69, 9.17) is 0 Å². The molecule has 28 heavy (non-hydrogen) atoms. The predicted octanol–water partition coefficient (Wildman–Crippen LogP) is 5.45. The number of benzene rings is 3. The van der Waals surface area contributed by atoms with Gasteiger partial charge in [-0.25, -0.2) is 0 Å². The topological polar surface area (TPSA) is 34.4 Å². The summed E-state index contributed by atoms with van der Waals surface area (Å²) in [7, 11) is 0. The highest BCUT2D eigenvalue weighted by atomic mass is 16.1. The van der Waals surface area contributed by atoms with Crippen LogP contribution in [0.3, 0.4) is 0 Å². The molecular formula is C25H20N2O. The van der Waals surface area contributed by atoms with Crippen molar-refractivity contribution in [3.05, 3.63) is 119 Å². The third-order valence-corrected chi connectivity index (χ3v) is 4.63. The quantitative estimate of drug-likeness (QED) is 0.443. The normalized spacial score (nSPS) is 11.4. The molecule has 0 aliphatic heterocycles. The number of aromatic nitrogens is 1. The summed E-state index contributed by atoms with van der Waals surface area (Å²) in [4.78, 5) is 13.0. The molecule has 1 heterocycles. The first kappa shape index (κ1) is 17.7. The summed E-state index contributed by atoms with van der Waals surface area (Å²) >= 11 is 0. The maximum absolute atomic E-state index is 13.0. The highest BCUT2D eigenvalue weighted by molar-refractivity contribution is 5.98. The lowest BCUT2D eigenvalue weighted by atomic mass is 10.0. The largest absolute Gasteiger partial charge is 0.272 e. The fourth-order valence-electron chi connectivity index (χ4n) is 3.17. The van der Waals surface area contributed by atoms with Crippen molar-refractivity contribution in [3.8, 4) is 22.4 Å². The molecule has 0 amide bonds. The Hall–Kier alpha value is -3.72. The first-order valence-corrected chi connectivity index (χ1v) is 9.21. The van der Waals surface area contributed by atoms with Crippen LogP contribution in [0.25, 0.3) is 22.4 Å². The predicted molar refractivity (Wildman–Crippen MR) is 116 cm³/mol. The Balaban J connectivity index is 1.92. The van der Waals surface area contributed by atoms with E-state index in [0.29, 0.717) is 0 Å². The van der Waals surface area contributed by atoms with Crippen LogP contribution < -0.4 is 5.56 Å². The van der Waals surface area contributed by atoms with Crippen molar-refractivity contribution in [1.29, 1.82) is 0 Å². The van der Waals surface area contributed by atoms with Crippen LogP contribution in [0.15, 0.2) is 113 Å². The number of rotatable bonds is 4. The zero-order chi connectivity index (χ0) is 19.3. The minimum Gasteiger partial charge on any atom is -0.267 e. The molecule has 4 aromatic rings. The fraction of sp³-hybridized carbons (Fsp3) is 0.0400. The molecule has 3 nitrogen and oxygen atoms in total. The Morgan fingerprint density at radius 1 is 0.679 bits per heavy atom. The van der Waals surface area contributed by atoms with Crippen LogP contribution in [-0.2, 0) is 0 Å². The van der Waals surface area contributed by atoms with E-state index >= 15 is 0 Å². The van der Waals surface area contributed by atoms with Crippen molar-refractivity contribution in [2.45, 2.75) is 6.92 Å². The second-order valence-electron chi connectivity index (χ2n) is 6.56. The van der Waals surface area contributed by atoms with Crippen LogP contribution in [0.5, 0.6) is 0 Å². The van der Waals surface area contributed by atoms with E-state index in [-0.39, 0.29) is 5.56 Å². The monoisotopic (exact) mass is 364 g/mol. The summed E-state index contributed by atoms with van der Waals surface area (Å²) in [5.41, 5.74) is 5.22. The Morgan fingerprint density at radius 3 is 1.82 bits per heavy atom. The lowest BCUT2D eigenvalue weighted by Gasteiger charge is -2.12. The van der Waals surface area contributed by atoms with E-state index in [9.17, 15) is 4.79 Å². The van der Waals surface area contributed by atoms with Gasteiger partial charge < -0.3 is 0 Å². The molecule has 0 saturated carbocycles. The Labute approximate surface area is 164 Å². The first-order valence-electron chi connectivity index (χ1n) is 9.21. The third-order valence-electron chi connectivity index (χ3n) is 4.63. The van der Waals surface area contributed by atoms with Crippen LogP contribution in [0, 0.1) is 0 Å². The van der Waals surface area contributed by atoms with Crippen molar-refractivity contribution in [3.63, 3.8) is 0 Å². The molecule has 3 heteroatoms. The second kappa shape index (κ2) is 7.89. The molecule has 0 spiro atoms. The minimum atomic E-state index is -0.157. The summed E-state index contributed by atoms with van der Waals surface area (Å²) in [5, 5.41) is 4.66. The first-order chi connectivity index (χ1) is 13.7. The standard InChI is InChI=1S/C25H20N2O/c1-19(20-11-5-2-6-12-20)26-27-24(22-15-9-4-10-16-22)17-23(18-25(27)28)21-13-7-3-8-14-21/h2-18H,1H3. The van der Waals surface area contributed by atoms with Crippen molar-refractivity contribution in [2.75, 3.05) is 0 Å². The van der Waals surface area contributed by atoms with Gasteiger partial charge in [0.15, 0.2) is 0 Å². The summed E-state index contributed by atoms with van der Waals surface area (Å²) < 4.78 is 1.49. The van der Waals surface area contributed by atoms with E-state index in [0.717, 1.165) is 33.7 Å². The van der Waals surface area contributed by atoms with Crippen molar-refractivity contribution in [2.24, 2.45) is 5.10 Å². The zero-order valence-corrected chi connectivity index (χ0v) is 15.6. The van der Waals surface area contributed by atoms with E-state index in [1.54, 1.807) is 6.07 Å². The van der Waals surface area contributed by atoms with Gasteiger partial charge in [0.2, 0.25) is 0 Å². The molecule has 1 aromatic heterocycles. The van der Waals surface area contributed by atoms with Gasteiger partial charge in [-0.3, -0.25) is 4.79 Å². The van der Waals surface area contributed by atoms with Gasteiger partial charge in [-0.2, -0.15) is 9.78 Å². The van der Waals surface area contributed by atoms with Crippen LogP contribution in [-0.4, -0.2) is 10.4 Å². The molecule has 136 valence electrons. The molecule has 0 atom stereocenters. The van der Waals surface area contributed by atoms with E-state index in [1.165, 1.54) is 4.68 Å². The summed E-state index contributed by atoms with van der Waals surface area (Å²) in [5.74, 6) is 0. The van der Waals surface area contributed by atoms with Gasteiger partial charge >= 0.3 is 0 Å². The van der Waals surface area contributed by atoms with Gasteiger partial charge in [0, 0.05) is 11.6 Å². The molecule has 0 radical (unpaired) electrons. The highest BCUT2D eigenvalue weighted by Crippen LogP contribution is 2.25. The molecule has 0 unspecified atom stereocenters. The average molecular weight is 364 g/mol. The molecule has 4 rings (SSSR count). The number of nitrogens with zero attached hydrogens (tertiary/aromatic N) is 2. The van der Waals surface area contributed by atoms with E-state index in [1.807, 2.05) is 104 Å². The van der Waals surface area contributed by atoms with Crippen LogP contribution in [0.2, 0.25) is 0 Å². The van der Waals surface area contributed by atoms with Crippen LogP contribution >= 0.6 is 0 Å². The van der Waals surface area contributed by atoms with Gasteiger partial charge in [0.1, 0.15) is 0 Å². The third kappa shape index (κ3) is 3.69. The Morgan fingerprint density at radius 2 is 1.21 bits per heavy atom. The number of hydrogen-bond donors (Lipinski definition) is 0. The molecular weight excluding hydrogens is 344 g/mol. The van der Waals surface area contributed by atoms with Gasteiger partial charge in [-0.15, -0.1) is 0 Å². The van der Waals surface area contributed by atoms with Crippen LogP contribution in [0.4, 0.5) is 0 Å². The van der Waals surface area contributed by atoms with Crippen LogP contribution in [0.1, 0.15) is 12.5 Å². The van der Waals surface area contributed by atoms with Gasteiger partial charge in [0.25, 0.3) is 5.56 Å².